The maximum Gasteiger partial charge on any atom is 0.283 e. The van der Waals surface area contributed by atoms with Crippen LogP contribution in [0.5, 0.6) is 11.5 Å². The van der Waals surface area contributed by atoms with Crippen LogP contribution < -0.4 is 9.47 Å². The molecule has 0 saturated heterocycles. The van der Waals surface area contributed by atoms with Gasteiger partial charge in [0.05, 0.1) is 5.57 Å². The molecule has 35 heavy (non-hydrogen) atoms. The van der Waals surface area contributed by atoms with Gasteiger partial charge in [-0.25, -0.2) is 0 Å². The molecule has 7 nitrogen and oxygen atoms in total. The first kappa shape index (κ1) is 24.7. The molecule has 2 aromatic carbocycles. The monoisotopic (exact) mass is 490 g/mol. The summed E-state index contributed by atoms with van der Waals surface area (Å²) in [6, 6.07) is 15.5. The van der Waals surface area contributed by atoms with Crippen LogP contribution in [-0.4, -0.2) is 40.2 Å². The van der Waals surface area contributed by atoms with E-state index in [4.69, 9.17) is 14.9 Å². The average Bonchev–Trinajstić information content (AvgIpc) is 3.22. The second-order valence-electron chi connectivity index (χ2n) is 9.31. The summed E-state index contributed by atoms with van der Waals surface area (Å²) in [5.74, 6) is 1.07. The minimum Gasteiger partial charge on any atom is -0.490 e. The van der Waals surface area contributed by atoms with Gasteiger partial charge in [-0.1, -0.05) is 52.0 Å². The van der Waals surface area contributed by atoms with Crippen molar-refractivity contribution in [2.45, 2.75) is 46.0 Å². The van der Waals surface area contributed by atoms with Crippen molar-refractivity contribution >= 4 is 39.8 Å². The highest BCUT2D eigenvalue weighted by Crippen LogP contribution is 2.30. The van der Waals surface area contributed by atoms with Crippen LogP contribution in [0.15, 0.2) is 64.2 Å². The lowest BCUT2D eigenvalue weighted by atomic mass is 9.87. The number of thioether (sulfide) groups is 1. The zero-order chi connectivity index (χ0) is 25.0. The van der Waals surface area contributed by atoms with Crippen molar-refractivity contribution in [2.75, 3.05) is 13.2 Å². The zero-order valence-electron chi connectivity index (χ0n) is 20.5. The fraction of sp³-hybridized carbons (Fsp3) is 0.333. The number of ether oxygens (including phenoxy) is 2. The van der Waals surface area contributed by atoms with E-state index in [0.29, 0.717) is 24.1 Å². The predicted octanol–water partition coefficient (Wildman–Crippen LogP) is 5.86. The largest absolute Gasteiger partial charge is 0.490 e. The zero-order valence-corrected chi connectivity index (χ0v) is 21.3. The van der Waals surface area contributed by atoms with Gasteiger partial charge < -0.3 is 9.47 Å². The van der Waals surface area contributed by atoms with Gasteiger partial charge in [0.25, 0.3) is 5.91 Å². The summed E-state index contributed by atoms with van der Waals surface area (Å²) in [5.41, 5.74) is 2.32. The van der Waals surface area contributed by atoms with Gasteiger partial charge in [-0.2, -0.15) is 15.1 Å². The van der Waals surface area contributed by atoms with E-state index < -0.39 is 5.91 Å². The molecule has 2 heterocycles. The minimum atomic E-state index is -0.432. The Kier molecular flexibility index (Phi) is 7.40. The third-order valence-electron chi connectivity index (χ3n) is 5.47. The number of aliphatic imine (C=N–C) groups is 1. The topological polar surface area (TPSA) is 87.3 Å². The van der Waals surface area contributed by atoms with Gasteiger partial charge >= 0.3 is 0 Å². The Morgan fingerprint density at radius 3 is 2.46 bits per heavy atom. The molecule has 2 aliphatic heterocycles. The SMILES string of the molecule is CCCC1=NN2C(=N)/C(=C/c3cccc(OCCOc4ccc(C(C)(C)C)cc4)c3)C(=O)N=C2S1. The quantitative estimate of drug-likeness (QED) is 0.370. The summed E-state index contributed by atoms with van der Waals surface area (Å²) >= 11 is 1.35. The standard InChI is InChI=1S/C27H30N4O3S/c1-5-7-23-30-31-24(28)22(25(32)29-26(31)35-23)17-18-8-6-9-21(16-18)34-15-14-33-20-12-10-19(11-13-20)27(2,3)4/h6,8-13,16-17,28H,5,7,14-15H2,1-4H3/b22-17-,28-24?. The maximum absolute atomic E-state index is 12.6. The van der Waals surface area contributed by atoms with Crippen LogP contribution in [-0.2, 0) is 10.2 Å². The maximum atomic E-state index is 12.6. The van der Waals surface area contributed by atoms with Crippen LogP contribution in [0.3, 0.4) is 0 Å². The van der Waals surface area contributed by atoms with E-state index in [1.165, 1.54) is 22.3 Å². The number of hydrazone groups is 1. The van der Waals surface area contributed by atoms with Crippen molar-refractivity contribution in [1.29, 1.82) is 5.41 Å². The Balaban J connectivity index is 1.36. The molecule has 0 atom stereocenters. The summed E-state index contributed by atoms with van der Waals surface area (Å²) in [7, 11) is 0. The molecule has 0 bridgehead atoms. The molecular weight excluding hydrogens is 460 g/mol. The molecule has 1 N–H and O–H groups in total. The van der Waals surface area contributed by atoms with Gasteiger partial charge in [0.15, 0.2) is 5.84 Å². The Labute approximate surface area is 210 Å². The normalized spacial score (nSPS) is 16.8. The molecule has 0 aromatic heterocycles. The molecule has 2 aliphatic rings. The number of hydrogen-bond acceptors (Lipinski definition) is 6. The lowest BCUT2D eigenvalue weighted by Crippen LogP contribution is -2.35. The fourth-order valence-electron chi connectivity index (χ4n) is 3.58. The Morgan fingerprint density at radius 2 is 1.77 bits per heavy atom. The summed E-state index contributed by atoms with van der Waals surface area (Å²) in [6.45, 7) is 9.40. The van der Waals surface area contributed by atoms with Gasteiger partial charge in [0, 0.05) is 0 Å². The molecule has 0 spiro atoms. The molecule has 0 saturated carbocycles. The third kappa shape index (κ3) is 6.00. The fourth-order valence-corrected chi connectivity index (χ4v) is 4.56. The van der Waals surface area contributed by atoms with Crippen LogP contribution in [0, 0.1) is 5.41 Å². The summed E-state index contributed by atoms with van der Waals surface area (Å²) in [6.07, 6.45) is 3.40. The van der Waals surface area contributed by atoms with Gasteiger partial charge in [-0.05, 0) is 71.5 Å². The number of nitrogens with zero attached hydrogens (tertiary/aromatic N) is 3. The number of carbonyl (C=O) groups excluding carboxylic acids is 1. The highest BCUT2D eigenvalue weighted by molar-refractivity contribution is 8.26. The molecule has 2 aromatic rings. The van der Waals surface area contributed by atoms with E-state index in [9.17, 15) is 4.79 Å². The van der Waals surface area contributed by atoms with E-state index in [1.807, 2.05) is 36.4 Å². The number of amides is 1. The Bertz CT molecular complexity index is 1210. The summed E-state index contributed by atoms with van der Waals surface area (Å²) in [4.78, 5) is 16.7. The number of hydrogen-bond donors (Lipinski definition) is 1. The molecule has 0 fully saturated rings. The van der Waals surface area contributed by atoms with E-state index in [0.717, 1.165) is 29.2 Å². The predicted molar refractivity (Wildman–Crippen MR) is 142 cm³/mol. The highest BCUT2D eigenvalue weighted by Gasteiger charge is 2.35. The van der Waals surface area contributed by atoms with E-state index in [1.54, 1.807) is 6.08 Å². The van der Waals surface area contributed by atoms with Crippen LogP contribution >= 0.6 is 11.8 Å². The molecule has 182 valence electrons. The van der Waals surface area contributed by atoms with Crippen LogP contribution in [0.25, 0.3) is 6.08 Å². The average molecular weight is 491 g/mol. The number of nitrogens with one attached hydrogen (secondary N) is 1. The highest BCUT2D eigenvalue weighted by atomic mass is 32.2. The number of carbonyl (C=O) groups is 1. The summed E-state index contributed by atoms with van der Waals surface area (Å²) in [5, 5.41) is 15.7. The van der Waals surface area contributed by atoms with Gasteiger partial charge in [-0.3, -0.25) is 10.2 Å². The lowest BCUT2D eigenvalue weighted by Gasteiger charge is -2.20. The first-order chi connectivity index (χ1) is 16.7. The lowest BCUT2D eigenvalue weighted by molar-refractivity contribution is -0.114. The van der Waals surface area contributed by atoms with Crippen molar-refractivity contribution in [1.82, 2.24) is 5.01 Å². The van der Waals surface area contributed by atoms with Crippen molar-refractivity contribution in [3.63, 3.8) is 0 Å². The first-order valence-corrected chi connectivity index (χ1v) is 12.5. The molecule has 4 rings (SSSR count). The molecule has 0 radical (unpaired) electrons. The minimum absolute atomic E-state index is 0.0378. The number of amidine groups is 2. The first-order valence-electron chi connectivity index (χ1n) is 11.7. The van der Waals surface area contributed by atoms with Crippen molar-refractivity contribution in [3.05, 3.63) is 65.2 Å². The number of benzene rings is 2. The van der Waals surface area contributed by atoms with E-state index >= 15 is 0 Å². The Morgan fingerprint density at radius 1 is 1.06 bits per heavy atom. The number of rotatable bonds is 8. The van der Waals surface area contributed by atoms with Crippen molar-refractivity contribution in [3.8, 4) is 11.5 Å². The second-order valence-corrected chi connectivity index (χ2v) is 10.3. The molecule has 8 heteroatoms. The molecule has 0 unspecified atom stereocenters. The van der Waals surface area contributed by atoms with Gasteiger partial charge in [-0.15, -0.1) is 0 Å². The van der Waals surface area contributed by atoms with Gasteiger partial charge in [0.2, 0.25) is 5.17 Å². The van der Waals surface area contributed by atoms with Crippen LogP contribution in [0.4, 0.5) is 0 Å². The Hall–Kier alpha value is -3.39. The number of fused-ring (bicyclic) bond motifs is 1. The van der Waals surface area contributed by atoms with Gasteiger partial charge in [0.1, 0.15) is 29.8 Å². The second kappa shape index (κ2) is 10.5. The van der Waals surface area contributed by atoms with Crippen LogP contribution in [0.1, 0.15) is 51.7 Å². The van der Waals surface area contributed by atoms with Crippen LogP contribution in [0.2, 0.25) is 0 Å². The van der Waals surface area contributed by atoms with Crippen molar-refractivity contribution in [2.24, 2.45) is 10.1 Å². The molecule has 1 amide bonds. The molecular formula is C27H30N4O3S. The van der Waals surface area contributed by atoms with Crippen molar-refractivity contribution < 1.29 is 14.3 Å². The third-order valence-corrected chi connectivity index (χ3v) is 6.44. The molecule has 0 aliphatic carbocycles. The van der Waals surface area contributed by atoms with E-state index in [-0.39, 0.29) is 16.8 Å². The smallest absolute Gasteiger partial charge is 0.283 e. The summed E-state index contributed by atoms with van der Waals surface area (Å²) < 4.78 is 11.6. The van der Waals surface area contributed by atoms with E-state index in [2.05, 4.69) is 49.9 Å².